The van der Waals surface area contributed by atoms with E-state index in [1.54, 1.807) is 0 Å². The van der Waals surface area contributed by atoms with Crippen molar-refractivity contribution < 1.29 is 4.79 Å². The average Bonchev–Trinajstić information content (AvgIpc) is 2.92. The van der Waals surface area contributed by atoms with Crippen LogP contribution in [0.3, 0.4) is 0 Å². The van der Waals surface area contributed by atoms with E-state index < -0.39 is 0 Å². The Kier molecular flexibility index (Phi) is 3.35. The summed E-state index contributed by atoms with van der Waals surface area (Å²) in [6.45, 7) is 4.04. The van der Waals surface area contributed by atoms with E-state index in [2.05, 4.69) is 23.3 Å². The van der Waals surface area contributed by atoms with Gasteiger partial charge in [0, 0.05) is 22.0 Å². The van der Waals surface area contributed by atoms with Crippen molar-refractivity contribution in [2.75, 3.05) is 5.32 Å². The highest BCUT2D eigenvalue weighted by Gasteiger charge is 2.15. The minimum absolute atomic E-state index is 0.113. The van der Waals surface area contributed by atoms with Gasteiger partial charge < -0.3 is 10.3 Å². The molecule has 1 aromatic heterocycles. The highest BCUT2D eigenvalue weighted by Crippen LogP contribution is 2.26. The molecule has 0 atom stereocenters. The molecular formula is C21H18N2O. The molecule has 3 heteroatoms. The van der Waals surface area contributed by atoms with Crippen molar-refractivity contribution in [1.82, 2.24) is 4.98 Å². The predicted octanol–water partition coefficient (Wildman–Crippen LogP) is 5.19. The number of aromatic nitrogens is 1. The third-order valence-corrected chi connectivity index (χ3v) is 4.48. The first-order chi connectivity index (χ1) is 11.6. The Bertz CT molecular complexity index is 1070. The van der Waals surface area contributed by atoms with Crippen LogP contribution in [0.2, 0.25) is 0 Å². The molecule has 0 fully saturated rings. The van der Waals surface area contributed by atoms with Crippen LogP contribution in [-0.2, 0) is 0 Å². The van der Waals surface area contributed by atoms with E-state index in [1.165, 1.54) is 5.56 Å². The van der Waals surface area contributed by atoms with Crippen LogP contribution < -0.4 is 5.32 Å². The van der Waals surface area contributed by atoms with Gasteiger partial charge in [-0.3, -0.25) is 4.79 Å². The molecule has 0 spiro atoms. The molecular weight excluding hydrogens is 296 g/mol. The molecule has 0 saturated heterocycles. The number of carbonyl (C=O) groups is 1. The highest BCUT2D eigenvalue weighted by atomic mass is 16.1. The fourth-order valence-corrected chi connectivity index (χ4v) is 3.19. The number of anilines is 1. The van der Waals surface area contributed by atoms with E-state index in [0.717, 1.165) is 32.9 Å². The molecule has 118 valence electrons. The van der Waals surface area contributed by atoms with Gasteiger partial charge in [0.25, 0.3) is 5.91 Å². The quantitative estimate of drug-likeness (QED) is 0.525. The standard InChI is InChI=1S/C21H18N2O/c1-13-10-11-19-17(12-13)14(2)20(22-19)21(24)23-18-9-5-7-15-6-3-4-8-16(15)18/h3-12,22H,1-2H3,(H,23,24). The van der Waals surface area contributed by atoms with E-state index in [4.69, 9.17) is 0 Å². The Hall–Kier alpha value is -3.07. The van der Waals surface area contributed by atoms with Crippen LogP contribution in [0.15, 0.2) is 60.7 Å². The fourth-order valence-electron chi connectivity index (χ4n) is 3.19. The van der Waals surface area contributed by atoms with Gasteiger partial charge in [0.1, 0.15) is 5.69 Å². The van der Waals surface area contributed by atoms with E-state index in [1.807, 2.05) is 61.5 Å². The highest BCUT2D eigenvalue weighted by molar-refractivity contribution is 6.11. The maximum atomic E-state index is 12.8. The van der Waals surface area contributed by atoms with Gasteiger partial charge in [-0.2, -0.15) is 0 Å². The second kappa shape index (κ2) is 5.53. The molecule has 1 amide bonds. The van der Waals surface area contributed by atoms with Crippen molar-refractivity contribution in [3.63, 3.8) is 0 Å². The van der Waals surface area contributed by atoms with Crippen molar-refractivity contribution in [2.45, 2.75) is 13.8 Å². The second-order valence-corrected chi connectivity index (χ2v) is 6.15. The topological polar surface area (TPSA) is 44.9 Å². The summed E-state index contributed by atoms with van der Waals surface area (Å²) in [7, 11) is 0. The molecule has 0 aliphatic carbocycles. The van der Waals surface area contributed by atoms with Gasteiger partial charge in [-0.15, -0.1) is 0 Å². The Morgan fingerprint density at radius 3 is 2.58 bits per heavy atom. The molecule has 3 aromatic carbocycles. The summed E-state index contributed by atoms with van der Waals surface area (Å²) < 4.78 is 0. The van der Waals surface area contributed by atoms with Crippen LogP contribution in [-0.4, -0.2) is 10.9 Å². The zero-order valence-electron chi connectivity index (χ0n) is 13.7. The Labute approximate surface area is 140 Å². The molecule has 0 radical (unpaired) electrons. The molecule has 0 unspecified atom stereocenters. The van der Waals surface area contributed by atoms with Crippen molar-refractivity contribution in [2.24, 2.45) is 0 Å². The third kappa shape index (κ3) is 2.35. The summed E-state index contributed by atoms with van der Waals surface area (Å²) in [5, 5.41) is 6.29. The largest absolute Gasteiger partial charge is 0.350 e. The molecule has 0 aliphatic rings. The van der Waals surface area contributed by atoms with Gasteiger partial charge in [-0.25, -0.2) is 0 Å². The minimum Gasteiger partial charge on any atom is -0.350 e. The summed E-state index contributed by atoms with van der Waals surface area (Å²) in [4.78, 5) is 16.0. The van der Waals surface area contributed by atoms with Crippen LogP contribution in [0.25, 0.3) is 21.7 Å². The molecule has 3 nitrogen and oxygen atoms in total. The zero-order valence-corrected chi connectivity index (χ0v) is 13.7. The number of rotatable bonds is 2. The molecule has 1 heterocycles. The van der Waals surface area contributed by atoms with E-state index in [-0.39, 0.29) is 5.91 Å². The lowest BCUT2D eigenvalue weighted by molar-refractivity contribution is 0.102. The maximum absolute atomic E-state index is 12.8. The molecule has 2 N–H and O–H groups in total. The first-order valence-corrected chi connectivity index (χ1v) is 8.01. The number of H-pyrrole nitrogens is 1. The van der Waals surface area contributed by atoms with Gasteiger partial charge in [0.2, 0.25) is 0 Å². The predicted molar refractivity (Wildman–Crippen MR) is 99.7 cm³/mol. The fraction of sp³-hybridized carbons (Fsp3) is 0.0952. The van der Waals surface area contributed by atoms with E-state index in [0.29, 0.717) is 5.69 Å². The number of hydrogen-bond acceptors (Lipinski definition) is 1. The Balaban J connectivity index is 1.75. The lowest BCUT2D eigenvalue weighted by Crippen LogP contribution is -2.13. The molecule has 4 aromatic rings. The van der Waals surface area contributed by atoms with Crippen LogP contribution in [0.4, 0.5) is 5.69 Å². The van der Waals surface area contributed by atoms with Crippen molar-refractivity contribution in [3.05, 3.63) is 77.5 Å². The first-order valence-electron chi connectivity index (χ1n) is 8.01. The van der Waals surface area contributed by atoms with Crippen molar-refractivity contribution in [1.29, 1.82) is 0 Å². The monoisotopic (exact) mass is 314 g/mol. The molecule has 0 saturated carbocycles. The summed E-state index contributed by atoms with van der Waals surface area (Å²) >= 11 is 0. The number of hydrogen-bond donors (Lipinski definition) is 2. The third-order valence-electron chi connectivity index (χ3n) is 4.48. The van der Waals surface area contributed by atoms with E-state index >= 15 is 0 Å². The lowest BCUT2D eigenvalue weighted by atomic mass is 10.1. The molecule has 0 bridgehead atoms. The second-order valence-electron chi connectivity index (χ2n) is 6.15. The van der Waals surface area contributed by atoms with Crippen LogP contribution in [0, 0.1) is 13.8 Å². The number of benzene rings is 3. The number of carbonyl (C=O) groups excluding carboxylic acids is 1. The summed E-state index contributed by atoms with van der Waals surface area (Å²) in [5.41, 5.74) is 4.59. The minimum atomic E-state index is -0.113. The zero-order chi connectivity index (χ0) is 16.7. The smallest absolute Gasteiger partial charge is 0.272 e. The normalized spacial score (nSPS) is 11.1. The van der Waals surface area contributed by atoms with Gasteiger partial charge >= 0.3 is 0 Å². The summed E-state index contributed by atoms with van der Waals surface area (Å²) in [6.07, 6.45) is 0. The number of nitrogens with one attached hydrogen (secondary N) is 2. The Morgan fingerprint density at radius 1 is 0.917 bits per heavy atom. The molecule has 24 heavy (non-hydrogen) atoms. The number of fused-ring (bicyclic) bond motifs is 2. The molecule has 4 rings (SSSR count). The molecule has 0 aliphatic heterocycles. The van der Waals surface area contributed by atoms with Crippen LogP contribution >= 0.6 is 0 Å². The van der Waals surface area contributed by atoms with Crippen molar-refractivity contribution in [3.8, 4) is 0 Å². The van der Waals surface area contributed by atoms with Crippen molar-refractivity contribution >= 4 is 33.3 Å². The van der Waals surface area contributed by atoms with E-state index in [9.17, 15) is 4.79 Å². The number of aromatic amines is 1. The average molecular weight is 314 g/mol. The van der Waals surface area contributed by atoms with Gasteiger partial charge in [-0.05, 0) is 43.0 Å². The number of aryl methyl sites for hydroxylation is 2. The summed E-state index contributed by atoms with van der Waals surface area (Å²) in [5.74, 6) is -0.113. The number of amides is 1. The van der Waals surface area contributed by atoms with Gasteiger partial charge in [0.15, 0.2) is 0 Å². The van der Waals surface area contributed by atoms with Gasteiger partial charge in [-0.1, -0.05) is 48.0 Å². The van der Waals surface area contributed by atoms with Gasteiger partial charge in [0.05, 0.1) is 0 Å². The lowest BCUT2D eigenvalue weighted by Gasteiger charge is -2.08. The summed E-state index contributed by atoms with van der Waals surface area (Å²) in [6, 6.07) is 20.2. The SMILES string of the molecule is Cc1ccc2[nH]c(C(=O)Nc3cccc4ccccc34)c(C)c2c1. The maximum Gasteiger partial charge on any atom is 0.272 e. The first kappa shape index (κ1) is 14.5. The Morgan fingerprint density at radius 2 is 1.71 bits per heavy atom. The van der Waals surface area contributed by atoms with Crippen LogP contribution in [0.5, 0.6) is 0 Å². The van der Waals surface area contributed by atoms with Crippen LogP contribution in [0.1, 0.15) is 21.6 Å².